The summed E-state index contributed by atoms with van der Waals surface area (Å²) in [5, 5.41) is 3.13. The van der Waals surface area contributed by atoms with E-state index in [0.29, 0.717) is 6.54 Å². The normalized spacial score (nSPS) is 11.0. The van der Waals surface area contributed by atoms with Crippen molar-refractivity contribution in [1.29, 1.82) is 0 Å². The summed E-state index contributed by atoms with van der Waals surface area (Å²) in [6.07, 6.45) is 1.61. The molecule has 3 heterocycles. The molecule has 0 aliphatic heterocycles. The number of hydrogen-bond donors (Lipinski definition) is 0. The third-order valence-electron chi connectivity index (χ3n) is 2.79. The van der Waals surface area contributed by atoms with Crippen molar-refractivity contribution >= 4 is 27.4 Å². The maximum Gasteiger partial charge on any atom is 0.140 e. The smallest absolute Gasteiger partial charge is 0.140 e. The van der Waals surface area contributed by atoms with Crippen LogP contribution in [0.15, 0.2) is 34.3 Å². The van der Waals surface area contributed by atoms with Gasteiger partial charge in [-0.3, -0.25) is 0 Å². The Morgan fingerprint density at radius 3 is 2.94 bits per heavy atom. The van der Waals surface area contributed by atoms with E-state index < -0.39 is 0 Å². The van der Waals surface area contributed by atoms with Crippen LogP contribution in [-0.2, 0) is 6.54 Å². The third-order valence-corrected chi connectivity index (χ3v) is 3.61. The zero-order valence-electron chi connectivity index (χ0n) is 10.3. The number of rotatable bonds is 3. The summed E-state index contributed by atoms with van der Waals surface area (Å²) in [6, 6.07) is 6.03. The number of thiophene rings is 1. The molecule has 3 rings (SSSR count). The third kappa shape index (κ3) is 1.97. The highest BCUT2D eigenvalue weighted by Crippen LogP contribution is 2.26. The fourth-order valence-corrected chi connectivity index (χ4v) is 2.69. The van der Waals surface area contributed by atoms with Gasteiger partial charge in [-0.2, -0.15) is 0 Å². The molecule has 0 saturated carbocycles. The summed E-state index contributed by atoms with van der Waals surface area (Å²) >= 11 is 1.63. The van der Waals surface area contributed by atoms with Gasteiger partial charge < -0.3 is 9.32 Å². The van der Waals surface area contributed by atoms with Gasteiger partial charge in [0.1, 0.15) is 28.5 Å². The van der Waals surface area contributed by atoms with Gasteiger partial charge in [-0.05, 0) is 30.5 Å². The Labute approximate surface area is 109 Å². The lowest BCUT2D eigenvalue weighted by Crippen LogP contribution is -2.17. The Balaban J connectivity index is 1.92. The molecule has 5 heteroatoms. The predicted molar refractivity (Wildman–Crippen MR) is 73.0 cm³/mol. The van der Waals surface area contributed by atoms with Crippen molar-refractivity contribution in [2.45, 2.75) is 13.5 Å². The SMILES string of the molecule is Cc1ccc(CN(C)c2ncnc3sccc23)o1. The van der Waals surface area contributed by atoms with Crippen LogP contribution in [-0.4, -0.2) is 17.0 Å². The first-order valence-corrected chi connectivity index (χ1v) is 6.56. The van der Waals surface area contributed by atoms with Crippen molar-refractivity contribution < 1.29 is 4.42 Å². The molecule has 0 spiro atoms. The Bertz CT molecular complexity index is 673. The van der Waals surface area contributed by atoms with Crippen molar-refractivity contribution in [2.24, 2.45) is 0 Å². The van der Waals surface area contributed by atoms with Crippen LogP contribution in [0, 0.1) is 6.92 Å². The van der Waals surface area contributed by atoms with E-state index in [1.54, 1.807) is 17.7 Å². The molecule has 18 heavy (non-hydrogen) atoms. The number of anilines is 1. The molecule has 0 unspecified atom stereocenters. The Hall–Kier alpha value is -1.88. The summed E-state index contributed by atoms with van der Waals surface area (Å²) in [6.45, 7) is 2.65. The first kappa shape index (κ1) is 11.2. The first-order chi connectivity index (χ1) is 8.74. The molecule has 0 fully saturated rings. The molecular weight excluding hydrogens is 246 g/mol. The van der Waals surface area contributed by atoms with Gasteiger partial charge in [-0.1, -0.05) is 0 Å². The number of nitrogens with zero attached hydrogens (tertiary/aromatic N) is 3. The number of fused-ring (bicyclic) bond motifs is 1. The van der Waals surface area contributed by atoms with Gasteiger partial charge in [0, 0.05) is 7.05 Å². The molecule has 0 aromatic carbocycles. The van der Waals surface area contributed by atoms with E-state index in [9.17, 15) is 0 Å². The maximum atomic E-state index is 5.59. The van der Waals surface area contributed by atoms with Crippen molar-refractivity contribution in [3.63, 3.8) is 0 Å². The molecule has 0 N–H and O–H groups in total. The second-order valence-electron chi connectivity index (χ2n) is 4.21. The standard InChI is InChI=1S/C13H13N3OS/c1-9-3-4-10(17-9)7-16(2)12-11-5-6-18-13(11)15-8-14-12/h3-6,8H,7H2,1-2H3. The van der Waals surface area contributed by atoms with E-state index in [4.69, 9.17) is 4.42 Å². The molecule has 92 valence electrons. The Morgan fingerprint density at radius 1 is 1.28 bits per heavy atom. The molecule has 0 atom stereocenters. The number of aromatic nitrogens is 2. The fraction of sp³-hybridized carbons (Fsp3) is 0.231. The van der Waals surface area contributed by atoms with E-state index in [-0.39, 0.29) is 0 Å². The molecule has 3 aromatic heterocycles. The molecule has 0 radical (unpaired) electrons. The van der Waals surface area contributed by atoms with Crippen LogP contribution < -0.4 is 4.90 Å². The summed E-state index contributed by atoms with van der Waals surface area (Å²) in [5.41, 5.74) is 0. The number of hydrogen-bond acceptors (Lipinski definition) is 5. The quantitative estimate of drug-likeness (QED) is 0.724. The predicted octanol–water partition coefficient (Wildman–Crippen LogP) is 3.23. The minimum Gasteiger partial charge on any atom is -0.464 e. The van der Waals surface area contributed by atoms with Crippen LogP contribution in [0.4, 0.5) is 5.82 Å². The van der Waals surface area contributed by atoms with Crippen molar-refractivity contribution in [1.82, 2.24) is 9.97 Å². The van der Waals surface area contributed by atoms with Crippen LogP contribution in [0.2, 0.25) is 0 Å². The fourth-order valence-electron chi connectivity index (χ4n) is 1.96. The molecule has 0 saturated heterocycles. The lowest BCUT2D eigenvalue weighted by Gasteiger charge is -2.17. The summed E-state index contributed by atoms with van der Waals surface area (Å²) in [7, 11) is 2.01. The minimum atomic E-state index is 0.704. The van der Waals surface area contributed by atoms with Gasteiger partial charge in [0.2, 0.25) is 0 Å². The monoisotopic (exact) mass is 259 g/mol. The molecule has 0 aliphatic carbocycles. The van der Waals surface area contributed by atoms with Gasteiger partial charge >= 0.3 is 0 Å². The van der Waals surface area contributed by atoms with Crippen LogP contribution in [0.5, 0.6) is 0 Å². The molecule has 4 nitrogen and oxygen atoms in total. The molecule has 0 aliphatic rings. The van der Waals surface area contributed by atoms with Crippen molar-refractivity contribution in [2.75, 3.05) is 11.9 Å². The van der Waals surface area contributed by atoms with E-state index in [1.165, 1.54) is 0 Å². The molecular formula is C13H13N3OS. The van der Waals surface area contributed by atoms with Crippen LogP contribution in [0.1, 0.15) is 11.5 Å². The Kier molecular flexibility index (Phi) is 2.76. The molecule has 0 amide bonds. The molecule has 0 bridgehead atoms. The van der Waals surface area contributed by atoms with E-state index >= 15 is 0 Å². The Morgan fingerprint density at radius 2 is 2.17 bits per heavy atom. The summed E-state index contributed by atoms with van der Waals surface area (Å²) in [5.74, 6) is 2.81. The zero-order valence-corrected chi connectivity index (χ0v) is 11.1. The number of aryl methyl sites for hydroxylation is 1. The lowest BCUT2D eigenvalue weighted by molar-refractivity contribution is 0.481. The van der Waals surface area contributed by atoms with Crippen molar-refractivity contribution in [3.8, 4) is 0 Å². The summed E-state index contributed by atoms with van der Waals surface area (Å²) < 4.78 is 5.59. The van der Waals surface area contributed by atoms with Gasteiger partial charge in [0.25, 0.3) is 0 Å². The topological polar surface area (TPSA) is 42.2 Å². The number of furan rings is 1. The van der Waals surface area contributed by atoms with Gasteiger partial charge in [-0.15, -0.1) is 11.3 Å². The van der Waals surface area contributed by atoms with E-state index in [2.05, 4.69) is 20.9 Å². The first-order valence-electron chi connectivity index (χ1n) is 5.68. The van der Waals surface area contributed by atoms with Crippen molar-refractivity contribution in [3.05, 3.63) is 41.4 Å². The van der Waals surface area contributed by atoms with Gasteiger partial charge in [-0.25, -0.2) is 9.97 Å². The van der Waals surface area contributed by atoms with E-state index in [1.807, 2.05) is 31.5 Å². The average molecular weight is 259 g/mol. The summed E-state index contributed by atoms with van der Waals surface area (Å²) in [4.78, 5) is 11.7. The van der Waals surface area contributed by atoms with Crippen LogP contribution in [0.25, 0.3) is 10.2 Å². The second kappa shape index (κ2) is 4.42. The zero-order chi connectivity index (χ0) is 12.5. The van der Waals surface area contributed by atoms with Gasteiger partial charge in [0.15, 0.2) is 0 Å². The highest BCUT2D eigenvalue weighted by molar-refractivity contribution is 7.16. The largest absolute Gasteiger partial charge is 0.464 e. The molecule has 3 aromatic rings. The minimum absolute atomic E-state index is 0.704. The van der Waals surface area contributed by atoms with Crippen LogP contribution >= 0.6 is 11.3 Å². The lowest BCUT2D eigenvalue weighted by atomic mass is 10.3. The van der Waals surface area contributed by atoms with E-state index in [0.717, 1.165) is 27.6 Å². The highest BCUT2D eigenvalue weighted by Gasteiger charge is 2.11. The average Bonchev–Trinajstić information content (AvgIpc) is 2.97. The van der Waals surface area contributed by atoms with Gasteiger partial charge in [0.05, 0.1) is 11.9 Å². The maximum absolute atomic E-state index is 5.59. The van der Waals surface area contributed by atoms with Crippen LogP contribution in [0.3, 0.4) is 0 Å². The second-order valence-corrected chi connectivity index (χ2v) is 5.10. The highest BCUT2D eigenvalue weighted by atomic mass is 32.1.